The summed E-state index contributed by atoms with van der Waals surface area (Å²) in [4.78, 5) is 3.72. The first kappa shape index (κ1) is 14.1. The molecule has 1 aromatic carbocycles. The van der Waals surface area contributed by atoms with Crippen LogP contribution in [0.25, 0.3) is 0 Å². The number of sulfone groups is 1. The molecule has 3 rings (SSSR count). The number of thiophene rings is 1. The predicted octanol–water partition coefficient (Wildman–Crippen LogP) is 3.36. The lowest BCUT2D eigenvalue weighted by molar-refractivity contribution is 0.259. The Labute approximate surface area is 127 Å². The van der Waals surface area contributed by atoms with Gasteiger partial charge in [0, 0.05) is 16.4 Å². The summed E-state index contributed by atoms with van der Waals surface area (Å²) in [6.07, 6.45) is 0. The van der Waals surface area contributed by atoms with Crippen molar-refractivity contribution in [2.24, 2.45) is 0 Å². The fourth-order valence-corrected chi connectivity index (χ4v) is 5.38. The van der Waals surface area contributed by atoms with Crippen LogP contribution in [0.1, 0.15) is 16.5 Å². The van der Waals surface area contributed by atoms with Crippen LogP contribution >= 0.6 is 22.9 Å². The molecule has 0 radical (unpaired) electrons. The first-order valence-corrected chi connectivity index (χ1v) is 9.13. The summed E-state index contributed by atoms with van der Waals surface area (Å²) in [6, 6.07) is 8.96. The van der Waals surface area contributed by atoms with Crippen LogP contribution in [0, 0.1) is 0 Å². The van der Waals surface area contributed by atoms with E-state index in [-0.39, 0.29) is 11.8 Å². The third-order valence-corrected chi connectivity index (χ3v) is 6.45. The Hall–Kier alpha value is -0.880. The second-order valence-corrected chi connectivity index (χ2v) is 8.45. The molecule has 3 nitrogen and oxygen atoms in total. The van der Waals surface area contributed by atoms with E-state index in [0.717, 1.165) is 12.1 Å². The average molecular weight is 328 g/mol. The molecule has 0 unspecified atom stereocenters. The number of halogens is 1. The van der Waals surface area contributed by atoms with Gasteiger partial charge >= 0.3 is 0 Å². The van der Waals surface area contributed by atoms with Gasteiger partial charge in [0.2, 0.25) is 0 Å². The summed E-state index contributed by atoms with van der Waals surface area (Å²) in [7, 11) is -1.24. The number of benzene rings is 1. The van der Waals surface area contributed by atoms with Crippen molar-refractivity contribution < 1.29 is 8.42 Å². The highest BCUT2D eigenvalue weighted by Gasteiger charge is 2.36. The second-order valence-electron chi connectivity index (χ2n) is 4.97. The van der Waals surface area contributed by atoms with Crippen LogP contribution < -0.4 is 0 Å². The normalized spacial score (nSPS) is 20.2. The molecule has 2 heterocycles. The van der Waals surface area contributed by atoms with Gasteiger partial charge in [-0.1, -0.05) is 17.7 Å². The Kier molecular flexibility index (Phi) is 3.62. The van der Waals surface area contributed by atoms with Crippen LogP contribution in [0.5, 0.6) is 0 Å². The van der Waals surface area contributed by atoms with Crippen LogP contribution in [-0.4, -0.2) is 26.1 Å². The quantitative estimate of drug-likeness (QED) is 0.867. The number of fused-ring (bicyclic) bond motifs is 1. The molecule has 0 fully saturated rings. The van der Waals surface area contributed by atoms with E-state index < -0.39 is 9.84 Å². The summed E-state index contributed by atoms with van der Waals surface area (Å²) in [5, 5.41) is 2.61. The van der Waals surface area contributed by atoms with E-state index in [0.29, 0.717) is 9.92 Å². The molecular weight excluding hydrogens is 314 g/mol. The molecule has 1 atom stereocenters. The fourth-order valence-electron chi connectivity index (χ4n) is 2.57. The van der Waals surface area contributed by atoms with E-state index in [4.69, 9.17) is 11.6 Å². The van der Waals surface area contributed by atoms with Crippen molar-refractivity contribution in [1.82, 2.24) is 4.90 Å². The van der Waals surface area contributed by atoms with Crippen LogP contribution in [-0.2, 0) is 16.4 Å². The van der Waals surface area contributed by atoms with Gasteiger partial charge in [-0.05, 0) is 42.3 Å². The van der Waals surface area contributed by atoms with E-state index in [1.165, 1.54) is 4.88 Å². The lowest BCUT2D eigenvalue weighted by Crippen LogP contribution is -2.25. The van der Waals surface area contributed by atoms with E-state index in [1.54, 1.807) is 29.5 Å². The van der Waals surface area contributed by atoms with Crippen molar-refractivity contribution >= 4 is 32.8 Å². The van der Waals surface area contributed by atoms with E-state index in [9.17, 15) is 8.42 Å². The Balaban J connectivity index is 1.94. The Morgan fingerprint density at radius 1 is 1.40 bits per heavy atom. The molecule has 106 valence electrons. The molecule has 1 aliphatic heterocycles. The van der Waals surface area contributed by atoms with Crippen LogP contribution in [0.2, 0.25) is 5.02 Å². The molecule has 1 aliphatic rings. The number of rotatable bonds is 3. The van der Waals surface area contributed by atoms with E-state index >= 15 is 0 Å². The molecule has 6 heteroatoms. The van der Waals surface area contributed by atoms with Crippen molar-refractivity contribution in [2.75, 3.05) is 12.8 Å². The largest absolute Gasteiger partial charge is 0.293 e. The number of nitrogens with zero attached hydrogens (tertiary/aromatic N) is 1. The van der Waals surface area contributed by atoms with Crippen LogP contribution in [0.3, 0.4) is 0 Å². The zero-order valence-corrected chi connectivity index (χ0v) is 13.3. The Bertz CT molecular complexity index is 726. The van der Waals surface area contributed by atoms with Gasteiger partial charge in [0.25, 0.3) is 0 Å². The minimum atomic E-state index is -3.19. The summed E-state index contributed by atoms with van der Waals surface area (Å²) >= 11 is 7.70. The molecule has 2 aromatic rings. The van der Waals surface area contributed by atoms with Crippen molar-refractivity contribution in [3.8, 4) is 0 Å². The molecular formula is C14H14ClNO2S2. The third-order valence-electron chi connectivity index (χ3n) is 3.56. The first-order valence-electron chi connectivity index (χ1n) is 6.22. The lowest BCUT2D eigenvalue weighted by Gasteiger charge is -2.23. The smallest absolute Gasteiger partial charge is 0.180 e. The van der Waals surface area contributed by atoms with Crippen LogP contribution in [0.4, 0.5) is 0 Å². The minimum absolute atomic E-state index is 0.129. The highest BCUT2D eigenvalue weighted by Crippen LogP contribution is 2.38. The minimum Gasteiger partial charge on any atom is -0.293 e. The highest BCUT2D eigenvalue weighted by molar-refractivity contribution is 7.91. The van der Waals surface area contributed by atoms with Gasteiger partial charge < -0.3 is 0 Å². The van der Waals surface area contributed by atoms with Gasteiger partial charge in [0.15, 0.2) is 9.84 Å². The van der Waals surface area contributed by atoms with Crippen molar-refractivity contribution in [1.29, 1.82) is 0 Å². The number of hydrogen-bond acceptors (Lipinski definition) is 4. The molecule has 0 amide bonds. The monoisotopic (exact) mass is 327 g/mol. The van der Waals surface area contributed by atoms with Crippen LogP contribution in [0.15, 0.2) is 40.6 Å². The second kappa shape index (κ2) is 5.15. The van der Waals surface area contributed by atoms with Gasteiger partial charge in [-0.2, -0.15) is 0 Å². The maximum Gasteiger partial charge on any atom is 0.180 e. The Morgan fingerprint density at radius 2 is 2.20 bits per heavy atom. The molecule has 0 saturated heterocycles. The molecule has 0 saturated carbocycles. The molecule has 20 heavy (non-hydrogen) atoms. The topological polar surface area (TPSA) is 37.4 Å². The van der Waals surface area contributed by atoms with Crippen molar-refractivity contribution in [3.05, 3.63) is 51.2 Å². The van der Waals surface area contributed by atoms with Gasteiger partial charge in [0.05, 0.1) is 16.7 Å². The number of hydrogen-bond donors (Lipinski definition) is 0. The van der Waals surface area contributed by atoms with Gasteiger partial charge in [-0.25, -0.2) is 8.42 Å². The van der Waals surface area contributed by atoms with Gasteiger partial charge in [-0.3, -0.25) is 4.90 Å². The summed E-state index contributed by atoms with van der Waals surface area (Å²) in [5.41, 5.74) is 0.816. The molecule has 0 aliphatic carbocycles. The SMILES string of the molecule is CN(Cc1cccs1)[C@H]1CS(=O)(=O)c2ccc(Cl)cc21. The fraction of sp³-hybridized carbons (Fsp3) is 0.286. The summed E-state index contributed by atoms with van der Waals surface area (Å²) in [6.45, 7) is 0.740. The summed E-state index contributed by atoms with van der Waals surface area (Å²) in [5.74, 6) is 0.130. The van der Waals surface area contributed by atoms with Gasteiger partial charge in [-0.15, -0.1) is 11.3 Å². The molecule has 1 aromatic heterocycles. The van der Waals surface area contributed by atoms with Crippen molar-refractivity contribution in [2.45, 2.75) is 17.5 Å². The zero-order valence-electron chi connectivity index (χ0n) is 10.9. The van der Waals surface area contributed by atoms with Gasteiger partial charge in [0.1, 0.15) is 0 Å². The highest BCUT2D eigenvalue weighted by atomic mass is 35.5. The molecule has 0 N–H and O–H groups in total. The van der Waals surface area contributed by atoms with E-state index in [1.807, 2.05) is 18.5 Å². The predicted molar refractivity (Wildman–Crippen MR) is 82.0 cm³/mol. The molecule has 0 bridgehead atoms. The zero-order chi connectivity index (χ0) is 14.3. The van der Waals surface area contributed by atoms with Crippen molar-refractivity contribution in [3.63, 3.8) is 0 Å². The maximum absolute atomic E-state index is 12.2. The maximum atomic E-state index is 12.2. The average Bonchev–Trinajstić information content (AvgIpc) is 2.96. The first-order chi connectivity index (χ1) is 9.47. The van der Waals surface area contributed by atoms with E-state index in [2.05, 4.69) is 11.0 Å². The molecule has 0 spiro atoms. The standard InChI is InChI=1S/C14H14ClNO2S2/c1-16(8-11-3-2-6-19-11)13-9-20(17,18)14-5-4-10(15)7-12(13)14/h2-7,13H,8-9H2,1H3/t13-/m0/s1. The third kappa shape index (κ3) is 2.51. The Morgan fingerprint density at radius 3 is 2.90 bits per heavy atom. The lowest BCUT2D eigenvalue weighted by atomic mass is 10.1. The summed E-state index contributed by atoms with van der Waals surface area (Å²) < 4.78 is 24.4.